The molecule has 1 aliphatic heterocycles. The number of aromatic nitrogens is 2. The number of fused-ring (bicyclic) bond motifs is 1. The van der Waals surface area contributed by atoms with Crippen molar-refractivity contribution in [3.05, 3.63) is 30.0 Å². The second-order valence-corrected chi connectivity index (χ2v) is 4.51. The highest BCUT2D eigenvalue weighted by Crippen LogP contribution is 2.22. The van der Waals surface area contributed by atoms with Gasteiger partial charge in [-0.3, -0.25) is 4.68 Å². The summed E-state index contributed by atoms with van der Waals surface area (Å²) in [5, 5.41) is 9.36. The summed E-state index contributed by atoms with van der Waals surface area (Å²) >= 11 is 0. The van der Waals surface area contributed by atoms with Crippen LogP contribution in [-0.2, 0) is 13.0 Å². The molecule has 1 aromatic carbocycles. The van der Waals surface area contributed by atoms with Crippen molar-refractivity contribution in [1.82, 2.24) is 15.1 Å². The van der Waals surface area contributed by atoms with Crippen molar-refractivity contribution in [2.24, 2.45) is 5.92 Å². The summed E-state index contributed by atoms with van der Waals surface area (Å²) in [5.74, 6) is 0.781. The lowest BCUT2D eigenvalue weighted by Gasteiger charge is -2.26. The minimum absolute atomic E-state index is 0.781. The molecule has 2 aromatic rings. The Labute approximate surface area is 95.5 Å². The van der Waals surface area contributed by atoms with Crippen LogP contribution in [0.2, 0.25) is 0 Å². The van der Waals surface area contributed by atoms with Gasteiger partial charge >= 0.3 is 0 Å². The Bertz CT molecular complexity index is 497. The van der Waals surface area contributed by atoms with Gasteiger partial charge in [-0.2, -0.15) is 5.10 Å². The molecule has 3 heteroatoms. The molecule has 0 amide bonds. The summed E-state index contributed by atoms with van der Waals surface area (Å²) in [6.45, 7) is 5.39. The second kappa shape index (κ2) is 3.91. The van der Waals surface area contributed by atoms with Gasteiger partial charge in [0.25, 0.3) is 0 Å². The second-order valence-electron chi connectivity index (χ2n) is 4.51. The van der Waals surface area contributed by atoms with E-state index in [2.05, 4.69) is 41.2 Å². The largest absolute Gasteiger partial charge is 0.316 e. The Hall–Kier alpha value is -1.35. The number of rotatable bonds is 3. The Kier molecular flexibility index (Phi) is 2.40. The van der Waals surface area contributed by atoms with Crippen molar-refractivity contribution in [3.8, 4) is 0 Å². The summed E-state index contributed by atoms with van der Waals surface area (Å²) in [5.41, 5.74) is 2.54. The van der Waals surface area contributed by atoms with Gasteiger partial charge in [0.05, 0.1) is 11.2 Å². The zero-order valence-corrected chi connectivity index (χ0v) is 9.61. The molecule has 1 fully saturated rings. The number of benzene rings is 1. The van der Waals surface area contributed by atoms with E-state index in [-0.39, 0.29) is 0 Å². The monoisotopic (exact) mass is 215 g/mol. The van der Waals surface area contributed by atoms with Crippen LogP contribution in [0, 0.1) is 5.92 Å². The molecule has 0 saturated carbocycles. The average Bonchev–Trinajstić information content (AvgIpc) is 2.62. The number of hydrogen-bond acceptors (Lipinski definition) is 2. The van der Waals surface area contributed by atoms with Crippen LogP contribution in [0.4, 0.5) is 0 Å². The van der Waals surface area contributed by atoms with E-state index in [4.69, 9.17) is 5.10 Å². The minimum Gasteiger partial charge on any atom is -0.316 e. The molecule has 0 spiro atoms. The SMILES string of the molecule is CCn1nc(CC2CNC2)c2ccccc21. The topological polar surface area (TPSA) is 29.9 Å². The van der Waals surface area contributed by atoms with Gasteiger partial charge in [0.15, 0.2) is 0 Å². The molecule has 1 saturated heterocycles. The number of para-hydroxylation sites is 1. The van der Waals surface area contributed by atoms with Crippen molar-refractivity contribution < 1.29 is 0 Å². The van der Waals surface area contributed by atoms with Crippen molar-refractivity contribution >= 4 is 10.9 Å². The van der Waals surface area contributed by atoms with Gasteiger partial charge in [0.2, 0.25) is 0 Å². The highest BCUT2D eigenvalue weighted by atomic mass is 15.3. The Morgan fingerprint density at radius 2 is 2.19 bits per heavy atom. The fourth-order valence-corrected chi connectivity index (χ4v) is 2.35. The molecule has 0 atom stereocenters. The van der Waals surface area contributed by atoms with Crippen LogP contribution in [0.5, 0.6) is 0 Å². The number of nitrogens with zero attached hydrogens (tertiary/aromatic N) is 2. The zero-order chi connectivity index (χ0) is 11.0. The molecule has 0 bridgehead atoms. The smallest absolute Gasteiger partial charge is 0.0707 e. The lowest BCUT2D eigenvalue weighted by atomic mass is 9.96. The average molecular weight is 215 g/mol. The molecule has 1 aliphatic rings. The number of hydrogen-bond donors (Lipinski definition) is 1. The molecule has 3 nitrogen and oxygen atoms in total. The van der Waals surface area contributed by atoms with E-state index in [1.165, 1.54) is 16.6 Å². The van der Waals surface area contributed by atoms with Gasteiger partial charge in [-0.05, 0) is 38.4 Å². The fraction of sp³-hybridized carbons (Fsp3) is 0.462. The Balaban J connectivity index is 2.02. The summed E-state index contributed by atoms with van der Waals surface area (Å²) < 4.78 is 2.11. The Morgan fingerprint density at radius 1 is 1.38 bits per heavy atom. The molecule has 0 aliphatic carbocycles. The van der Waals surface area contributed by atoms with Crippen molar-refractivity contribution in [1.29, 1.82) is 0 Å². The molecule has 0 radical (unpaired) electrons. The maximum Gasteiger partial charge on any atom is 0.0707 e. The number of aryl methyl sites for hydroxylation is 1. The van der Waals surface area contributed by atoms with Crippen LogP contribution >= 0.6 is 0 Å². The molecule has 3 rings (SSSR count). The molecular weight excluding hydrogens is 198 g/mol. The first-order chi connectivity index (χ1) is 7.88. The molecular formula is C13H17N3. The lowest BCUT2D eigenvalue weighted by molar-refractivity contribution is 0.343. The van der Waals surface area contributed by atoms with Gasteiger partial charge in [0, 0.05) is 11.9 Å². The lowest BCUT2D eigenvalue weighted by Crippen LogP contribution is -2.43. The molecule has 2 heterocycles. The van der Waals surface area contributed by atoms with Gasteiger partial charge in [-0.15, -0.1) is 0 Å². The fourth-order valence-electron chi connectivity index (χ4n) is 2.35. The first kappa shape index (κ1) is 9.85. The third-order valence-corrected chi connectivity index (χ3v) is 3.38. The summed E-state index contributed by atoms with van der Waals surface area (Å²) in [6.07, 6.45) is 1.11. The van der Waals surface area contributed by atoms with Crippen LogP contribution in [0.1, 0.15) is 12.6 Å². The van der Waals surface area contributed by atoms with Crippen LogP contribution in [0.3, 0.4) is 0 Å². The predicted octanol–water partition coefficient (Wildman–Crippen LogP) is 1.82. The summed E-state index contributed by atoms with van der Waals surface area (Å²) in [4.78, 5) is 0. The standard InChI is InChI=1S/C13H17N3/c1-2-16-13-6-4-3-5-11(13)12(15-16)7-10-8-14-9-10/h3-6,10,14H,2,7-9H2,1H3. The maximum atomic E-state index is 4.72. The molecule has 16 heavy (non-hydrogen) atoms. The van der Waals surface area contributed by atoms with E-state index in [0.717, 1.165) is 32.0 Å². The van der Waals surface area contributed by atoms with E-state index < -0.39 is 0 Å². The van der Waals surface area contributed by atoms with Crippen LogP contribution in [-0.4, -0.2) is 22.9 Å². The van der Waals surface area contributed by atoms with Crippen LogP contribution in [0.15, 0.2) is 24.3 Å². The molecule has 0 unspecified atom stereocenters. The quantitative estimate of drug-likeness (QED) is 0.846. The molecule has 1 aromatic heterocycles. The minimum atomic E-state index is 0.781. The van der Waals surface area contributed by atoms with E-state index in [1.807, 2.05) is 0 Å². The Morgan fingerprint density at radius 3 is 2.88 bits per heavy atom. The molecule has 1 N–H and O–H groups in total. The predicted molar refractivity (Wildman–Crippen MR) is 65.5 cm³/mol. The van der Waals surface area contributed by atoms with E-state index in [0.29, 0.717) is 0 Å². The summed E-state index contributed by atoms with van der Waals surface area (Å²) in [6, 6.07) is 8.54. The zero-order valence-electron chi connectivity index (χ0n) is 9.61. The van der Waals surface area contributed by atoms with Gasteiger partial charge in [-0.25, -0.2) is 0 Å². The van der Waals surface area contributed by atoms with Gasteiger partial charge in [0.1, 0.15) is 0 Å². The van der Waals surface area contributed by atoms with E-state index in [1.54, 1.807) is 0 Å². The van der Waals surface area contributed by atoms with Gasteiger partial charge < -0.3 is 5.32 Å². The van der Waals surface area contributed by atoms with Crippen LogP contribution < -0.4 is 5.32 Å². The summed E-state index contributed by atoms with van der Waals surface area (Å²) in [7, 11) is 0. The number of nitrogens with one attached hydrogen (secondary N) is 1. The third-order valence-electron chi connectivity index (χ3n) is 3.38. The third kappa shape index (κ3) is 1.52. The highest BCUT2D eigenvalue weighted by Gasteiger charge is 2.20. The maximum absolute atomic E-state index is 4.72. The van der Waals surface area contributed by atoms with Crippen molar-refractivity contribution in [2.75, 3.05) is 13.1 Å². The van der Waals surface area contributed by atoms with Crippen LogP contribution in [0.25, 0.3) is 10.9 Å². The molecule has 84 valence electrons. The van der Waals surface area contributed by atoms with Crippen molar-refractivity contribution in [2.45, 2.75) is 19.9 Å². The van der Waals surface area contributed by atoms with Crippen molar-refractivity contribution in [3.63, 3.8) is 0 Å². The van der Waals surface area contributed by atoms with E-state index >= 15 is 0 Å². The van der Waals surface area contributed by atoms with Gasteiger partial charge in [-0.1, -0.05) is 18.2 Å². The normalized spacial score (nSPS) is 16.6. The highest BCUT2D eigenvalue weighted by molar-refractivity contribution is 5.81. The first-order valence-electron chi connectivity index (χ1n) is 6.03. The first-order valence-corrected chi connectivity index (χ1v) is 6.03. The van der Waals surface area contributed by atoms with E-state index in [9.17, 15) is 0 Å².